The van der Waals surface area contributed by atoms with Crippen molar-refractivity contribution >= 4 is 16.9 Å². The summed E-state index contributed by atoms with van der Waals surface area (Å²) in [5.74, 6) is 0.827. The van der Waals surface area contributed by atoms with E-state index in [4.69, 9.17) is 4.42 Å². The highest BCUT2D eigenvalue weighted by Crippen LogP contribution is 2.24. The zero-order valence-electron chi connectivity index (χ0n) is 15.2. The smallest absolute Gasteiger partial charge is 0.237 e. The highest BCUT2D eigenvalue weighted by atomic mass is 16.3. The third-order valence-electron chi connectivity index (χ3n) is 5.32. The molecule has 0 unspecified atom stereocenters. The lowest BCUT2D eigenvalue weighted by atomic mass is 9.98. The number of carbonyl (C=O) groups excluding carboxylic acids is 1. The van der Waals surface area contributed by atoms with Gasteiger partial charge in [-0.1, -0.05) is 42.5 Å². The van der Waals surface area contributed by atoms with E-state index in [-0.39, 0.29) is 18.0 Å². The third kappa shape index (κ3) is 3.25. The van der Waals surface area contributed by atoms with E-state index < -0.39 is 0 Å². The lowest BCUT2D eigenvalue weighted by Gasteiger charge is -2.33. The summed E-state index contributed by atoms with van der Waals surface area (Å²) in [5.41, 5.74) is 3.57. The van der Waals surface area contributed by atoms with Crippen LogP contribution < -0.4 is 5.32 Å². The maximum Gasteiger partial charge on any atom is 0.237 e. The summed E-state index contributed by atoms with van der Waals surface area (Å²) in [5, 5.41) is 4.16. The summed E-state index contributed by atoms with van der Waals surface area (Å²) in [6.45, 7) is 5.68. The van der Waals surface area contributed by atoms with Crippen molar-refractivity contribution in [1.29, 1.82) is 0 Å². The quantitative estimate of drug-likeness (QED) is 0.773. The van der Waals surface area contributed by atoms with Crippen LogP contribution in [0.25, 0.3) is 11.0 Å². The SMILES string of the molecule is C[C@H](NC(=O)[C@H](C)N1CCc2ccccc2C1)c1cc2ccccc2o1. The summed E-state index contributed by atoms with van der Waals surface area (Å²) >= 11 is 0. The van der Waals surface area contributed by atoms with Crippen LogP contribution in [-0.4, -0.2) is 23.4 Å². The molecule has 4 nitrogen and oxygen atoms in total. The monoisotopic (exact) mass is 348 g/mol. The number of furan rings is 1. The molecule has 3 aromatic rings. The lowest BCUT2D eigenvalue weighted by Crippen LogP contribution is -2.47. The third-order valence-corrected chi connectivity index (χ3v) is 5.32. The zero-order chi connectivity index (χ0) is 18.1. The van der Waals surface area contributed by atoms with E-state index in [2.05, 4.69) is 34.5 Å². The van der Waals surface area contributed by atoms with Crippen LogP contribution in [0, 0.1) is 0 Å². The predicted octanol–water partition coefficient (Wildman–Crippen LogP) is 4.06. The van der Waals surface area contributed by atoms with Crippen molar-refractivity contribution in [2.75, 3.05) is 6.54 Å². The van der Waals surface area contributed by atoms with E-state index in [9.17, 15) is 4.79 Å². The molecular weight excluding hydrogens is 324 g/mol. The number of para-hydroxylation sites is 1. The Hall–Kier alpha value is -2.59. The fourth-order valence-electron chi connectivity index (χ4n) is 3.63. The molecule has 0 spiro atoms. The fraction of sp³-hybridized carbons (Fsp3) is 0.318. The Labute approximate surface area is 153 Å². The molecule has 4 rings (SSSR count). The number of carbonyl (C=O) groups is 1. The van der Waals surface area contributed by atoms with Crippen LogP contribution in [0.2, 0.25) is 0 Å². The summed E-state index contributed by atoms with van der Waals surface area (Å²) in [6, 6.07) is 18.1. The highest BCUT2D eigenvalue weighted by Gasteiger charge is 2.26. The summed E-state index contributed by atoms with van der Waals surface area (Å²) in [6.07, 6.45) is 0.993. The molecular formula is C22H24N2O2. The van der Waals surface area contributed by atoms with E-state index in [0.717, 1.165) is 36.2 Å². The zero-order valence-corrected chi connectivity index (χ0v) is 15.2. The van der Waals surface area contributed by atoms with Crippen molar-refractivity contribution in [2.24, 2.45) is 0 Å². The topological polar surface area (TPSA) is 45.5 Å². The second-order valence-electron chi connectivity index (χ2n) is 7.08. The Bertz CT molecular complexity index is 898. The minimum absolute atomic E-state index is 0.0392. The Morgan fingerprint density at radius 3 is 2.62 bits per heavy atom. The van der Waals surface area contributed by atoms with E-state index in [1.807, 2.05) is 44.2 Å². The molecule has 0 aliphatic carbocycles. The van der Waals surface area contributed by atoms with Crippen LogP contribution in [0.4, 0.5) is 0 Å². The van der Waals surface area contributed by atoms with Gasteiger partial charge in [0.2, 0.25) is 5.91 Å². The van der Waals surface area contributed by atoms with Crippen molar-refractivity contribution in [3.8, 4) is 0 Å². The Kier molecular flexibility index (Phi) is 4.51. The molecule has 0 bridgehead atoms. The van der Waals surface area contributed by atoms with Crippen LogP contribution >= 0.6 is 0 Å². The molecule has 2 atom stereocenters. The van der Waals surface area contributed by atoms with Crippen molar-refractivity contribution in [3.63, 3.8) is 0 Å². The molecule has 4 heteroatoms. The second kappa shape index (κ2) is 6.96. The number of benzene rings is 2. The van der Waals surface area contributed by atoms with E-state index in [0.29, 0.717) is 0 Å². The van der Waals surface area contributed by atoms with Gasteiger partial charge in [0.05, 0.1) is 12.1 Å². The van der Waals surface area contributed by atoms with E-state index >= 15 is 0 Å². The van der Waals surface area contributed by atoms with Gasteiger partial charge in [0.25, 0.3) is 0 Å². The first kappa shape index (κ1) is 16.9. The highest BCUT2D eigenvalue weighted by molar-refractivity contribution is 5.82. The summed E-state index contributed by atoms with van der Waals surface area (Å²) in [4.78, 5) is 15.0. The lowest BCUT2D eigenvalue weighted by molar-refractivity contribution is -0.127. The minimum atomic E-state index is -0.171. The Morgan fingerprint density at radius 2 is 1.81 bits per heavy atom. The van der Waals surface area contributed by atoms with Crippen molar-refractivity contribution in [2.45, 2.75) is 38.9 Å². The van der Waals surface area contributed by atoms with Gasteiger partial charge in [-0.25, -0.2) is 0 Å². The molecule has 0 saturated carbocycles. The maximum atomic E-state index is 12.8. The number of nitrogens with one attached hydrogen (secondary N) is 1. The van der Waals surface area contributed by atoms with Crippen LogP contribution in [0.15, 0.2) is 59.0 Å². The fourth-order valence-corrected chi connectivity index (χ4v) is 3.63. The average Bonchev–Trinajstić information content (AvgIpc) is 3.11. The molecule has 2 aromatic carbocycles. The van der Waals surface area contributed by atoms with E-state index in [1.165, 1.54) is 11.1 Å². The molecule has 1 aliphatic rings. The largest absolute Gasteiger partial charge is 0.459 e. The molecule has 2 heterocycles. The molecule has 134 valence electrons. The standard InChI is InChI=1S/C22H24N2O2/c1-15(21-13-18-8-5-6-10-20(18)26-21)23-22(25)16(2)24-12-11-17-7-3-4-9-19(17)14-24/h3-10,13,15-16H,11-12,14H2,1-2H3,(H,23,25)/t15-,16-/m0/s1. The molecule has 0 radical (unpaired) electrons. The van der Waals surface area contributed by atoms with Gasteiger partial charge in [-0.05, 0) is 43.5 Å². The van der Waals surface area contributed by atoms with Crippen molar-refractivity contribution in [3.05, 3.63) is 71.5 Å². The number of amides is 1. The first-order chi connectivity index (χ1) is 12.6. The van der Waals surface area contributed by atoms with Crippen LogP contribution in [0.3, 0.4) is 0 Å². The van der Waals surface area contributed by atoms with Gasteiger partial charge in [-0.15, -0.1) is 0 Å². The molecule has 1 aliphatic heterocycles. The first-order valence-corrected chi connectivity index (χ1v) is 9.21. The maximum absolute atomic E-state index is 12.8. The molecule has 1 aromatic heterocycles. The Morgan fingerprint density at radius 1 is 1.08 bits per heavy atom. The van der Waals surface area contributed by atoms with Gasteiger partial charge < -0.3 is 9.73 Å². The second-order valence-corrected chi connectivity index (χ2v) is 7.08. The normalized spacial score (nSPS) is 16.8. The van der Waals surface area contributed by atoms with Gasteiger partial charge in [0.15, 0.2) is 0 Å². The number of hydrogen-bond donors (Lipinski definition) is 1. The molecule has 1 N–H and O–H groups in total. The van der Waals surface area contributed by atoms with Gasteiger partial charge in [0.1, 0.15) is 11.3 Å². The van der Waals surface area contributed by atoms with Crippen molar-refractivity contribution in [1.82, 2.24) is 10.2 Å². The van der Waals surface area contributed by atoms with Crippen LogP contribution in [0.1, 0.15) is 36.8 Å². The van der Waals surface area contributed by atoms with Gasteiger partial charge >= 0.3 is 0 Å². The van der Waals surface area contributed by atoms with Gasteiger partial charge in [0, 0.05) is 18.5 Å². The van der Waals surface area contributed by atoms with Gasteiger partial charge in [-0.3, -0.25) is 9.69 Å². The number of fused-ring (bicyclic) bond motifs is 2. The van der Waals surface area contributed by atoms with Crippen LogP contribution in [-0.2, 0) is 17.8 Å². The van der Waals surface area contributed by atoms with Crippen molar-refractivity contribution < 1.29 is 9.21 Å². The number of hydrogen-bond acceptors (Lipinski definition) is 3. The predicted molar refractivity (Wildman–Crippen MR) is 103 cm³/mol. The molecule has 0 fully saturated rings. The van der Waals surface area contributed by atoms with E-state index in [1.54, 1.807) is 0 Å². The summed E-state index contributed by atoms with van der Waals surface area (Å²) in [7, 11) is 0. The molecule has 1 amide bonds. The average molecular weight is 348 g/mol. The van der Waals surface area contributed by atoms with Gasteiger partial charge in [-0.2, -0.15) is 0 Å². The Balaban J connectivity index is 1.42. The summed E-state index contributed by atoms with van der Waals surface area (Å²) < 4.78 is 5.87. The first-order valence-electron chi connectivity index (χ1n) is 9.21. The molecule has 26 heavy (non-hydrogen) atoms. The number of nitrogens with zero attached hydrogens (tertiary/aromatic N) is 1. The molecule has 0 saturated heterocycles. The van der Waals surface area contributed by atoms with Crippen LogP contribution in [0.5, 0.6) is 0 Å². The minimum Gasteiger partial charge on any atom is -0.459 e. The number of rotatable bonds is 4.